The van der Waals surface area contributed by atoms with Gasteiger partial charge < -0.3 is 14.4 Å². The van der Waals surface area contributed by atoms with Crippen LogP contribution in [0.4, 0.5) is 0 Å². The molecule has 1 atom stereocenters. The van der Waals surface area contributed by atoms with Crippen LogP contribution >= 0.6 is 0 Å². The predicted octanol–water partition coefficient (Wildman–Crippen LogP) is 1.15. The van der Waals surface area contributed by atoms with Gasteiger partial charge in [-0.05, 0) is 32.7 Å². The van der Waals surface area contributed by atoms with Crippen LogP contribution in [0.5, 0.6) is 0 Å². The first-order chi connectivity index (χ1) is 7.49. The molecule has 16 heavy (non-hydrogen) atoms. The molecule has 0 aromatic heterocycles. The Kier molecular flexibility index (Phi) is 4.74. The van der Waals surface area contributed by atoms with Crippen molar-refractivity contribution in [2.45, 2.75) is 20.3 Å². The van der Waals surface area contributed by atoms with Gasteiger partial charge in [0.1, 0.15) is 0 Å². The second-order valence-electron chi connectivity index (χ2n) is 5.22. The molecule has 94 valence electrons. The van der Waals surface area contributed by atoms with Gasteiger partial charge in [-0.15, -0.1) is 0 Å². The summed E-state index contributed by atoms with van der Waals surface area (Å²) in [4.78, 5) is 13.9. The lowest BCUT2D eigenvalue weighted by Crippen LogP contribution is -2.39. The monoisotopic (exact) mass is 229 g/mol. The summed E-state index contributed by atoms with van der Waals surface area (Å²) in [6.45, 7) is 7.52. The van der Waals surface area contributed by atoms with Crippen molar-refractivity contribution in [3.63, 3.8) is 0 Å². The highest BCUT2D eigenvalue weighted by atomic mass is 16.5. The molecular weight excluding hydrogens is 206 g/mol. The number of hydrogen-bond donors (Lipinski definition) is 0. The summed E-state index contributed by atoms with van der Waals surface area (Å²) in [7, 11) is 3.18. The number of nitrogens with zero attached hydrogens (tertiary/aromatic N) is 1. The summed E-state index contributed by atoms with van der Waals surface area (Å²) >= 11 is 0. The quantitative estimate of drug-likeness (QED) is 0.663. The molecule has 1 aliphatic heterocycles. The van der Waals surface area contributed by atoms with Crippen LogP contribution in [-0.2, 0) is 14.3 Å². The SMILES string of the molecule is COCC1CCN(CC(C)(C)C(=O)OC)C1. The first kappa shape index (κ1) is 13.5. The third kappa shape index (κ3) is 3.46. The predicted molar refractivity (Wildman–Crippen MR) is 62.2 cm³/mol. The number of hydrogen-bond acceptors (Lipinski definition) is 4. The molecule has 4 nitrogen and oxygen atoms in total. The minimum atomic E-state index is -0.420. The summed E-state index contributed by atoms with van der Waals surface area (Å²) in [5.41, 5.74) is -0.420. The van der Waals surface area contributed by atoms with E-state index in [1.165, 1.54) is 7.11 Å². The molecule has 4 heteroatoms. The molecule has 0 aromatic rings. The van der Waals surface area contributed by atoms with Gasteiger partial charge in [0.15, 0.2) is 0 Å². The van der Waals surface area contributed by atoms with E-state index < -0.39 is 5.41 Å². The standard InChI is InChI=1S/C12H23NO3/c1-12(2,11(14)16-4)9-13-6-5-10(7-13)8-15-3/h10H,5-9H2,1-4H3. The molecule has 0 bridgehead atoms. The third-order valence-electron chi connectivity index (χ3n) is 3.13. The molecule has 0 saturated carbocycles. The van der Waals surface area contributed by atoms with Gasteiger partial charge in [-0.1, -0.05) is 0 Å². The summed E-state index contributed by atoms with van der Waals surface area (Å²) in [5.74, 6) is 0.473. The molecular formula is C12H23NO3. The second-order valence-corrected chi connectivity index (χ2v) is 5.22. The third-order valence-corrected chi connectivity index (χ3v) is 3.13. The van der Waals surface area contributed by atoms with Gasteiger partial charge in [-0.25, -0.2) is 0 Å². The Balaban J connectivity index is 2.41. The number of likely N-dealkylation sites (tertiary alicyclic amines) is 1. The van der Waals surface area contributed by atoms with Crippen molar-refractivity contribution in [1.82, 2.24) is 4.90 Å². The second kappa shape index (κ2) is 5.64. The zero-order valence-corrected chi connectivity index (χ0v) is 10.8. The van der Waals surface area contributed by atoms with Crippen LogP contribution in [0.25, 0.3) is 0 Å². The minimum absolute atomic E-state index is 0.136. The maximum atomic E-state index is 11.6. The van der Waals surface area contributed by atoms with E-state index in [1.807, 2.05) is 13.8 Å². The van der Waals surface area contributed by atoms with E-state index >= 15 is 0 Å². The van der Waals surface area contributed by atoms with Crippen molar-refractivity contribution in [1.29, 1.82) is 0 Å². The van der Waals surface area contributed by atoms with Crippen LogP contribution < -0.4 is 0 Å². The molecule has 0 aromatic carbocycles. The number of esters is 1. The molecule has 0 radical (unpaired) electrons. The van der Waals surface area contributed by atoms with Crippen molar-refractivity contribution in [2.75, 3.05) is 40.5 Å². The fraction of sp³-hybridized carbons (Fsp3) is 0.917. The van der Waals surface area contributed by atoms with E-state index in [0.717, 1.165) is 32.7 Å². The summed E-state index contributed by atoms with van der Waals surface area (Å²) in [6, 6.07) is 0. The Labute approximate surface area is 97.9 Å². The van der Waals surface area contributed by atoms with Crippen LogP contribution in [0.3, 0.4) is 0 Å². The van der Waals surface area contributed by atoms with E-state index in [-0.39, 0.29) is 5.97 Å². The zero-order chi connectivity index (χ0) is 12.2. The molecule has 0 amide bonds. The minimum Gasteiger partial charge on any atom is -0.469 e. The molecule has 0 aliphatic carbocycles. The van der Waals surface area contributed by atoms with Gasteiger partial charge in [-0.3, -0.25) is 4.79 Å². The first-order valence-electron chi connectivity index (χ1n) is 5.79. The first-order valence-corrected chi connectivity index (χ1v) is 5.79. The fourth-order valence-corrected chi connectivity index (χ4v) is 2.33. The Morgan fingerprint density at radius 1 is 1.44 bits per heavy atom. The van der Waals surface area contributed by atoms with Crippen LogP contribution in [0, 0.1) is 11.3 Å². The molecule has 1 aliphatic rings. The summed E-state index contributed by atoms with van der Waals surface area (Å²) in [6.07, 6.45) is 1.16. The Bertz CT molecular complexity index is 240. The Hall–Kier alpha value is -0.610. The van der Waals surface area contributed by atoms with E-state index in [2.05, 4.69) is 4.90 Å². The summed E-state index contributed by atoms with van der Waals surface area (Å²) in [5, 5.41) is 0. The van der Waals surface area contributed by atoms with Gasteiger partial charge in [0, 0.05) is 20.2 Å². The lowest BCUT2D eigenvalue weighted by atomic mass is 9.93. The van der Waals surface area contributed by atoms with Crippen LogP contribution in [-0.4, -0.2) is 51.3 Å². The largest absolute Gasteiger partial charge is 0.469 e. The van der Waals surface area contributed by atoms with Crippen molar-refractivity contribution >= 4 is 5.97 Å². The lowest BCUT2D eigenvalue weighted by Gasteiger charge is -2.27. The number of carbonyl (C=O) groups is 1. The van der Waals surface area contributed by atoms with E-state index in [1.54, 1.807) is 7.11 Å². The van der Waals surface area contributed by atoms with Gasteiger partial charge in [0.05, 0.1) is 19.1 Å². The van der Waals surface area contributed by atoms with Crippen LogP contribution in [0.15, 0.2) is 0 Å². The van der Waals surface area contributed by atoms with Crippen LogP contribution in [0.2, 0.25) is 0 Å². The smallest absolute Gasteiger partial charge is 0.312 e. The van der Waals surface area contributed by atoms with E-state index in [4.69, 9.17) is 9.47 Å². The fourth-order valence-electron chi connectivity index (χ4n) is 2.33. The van der Waals surface area contributed by atoms with Gasteiger partial charge >= 0.3 is 5.97 Å². The maximum Gasteiger partial charge on any atom is 0.312 e. The number of carbonyl (C=O) groups excluding carboxylic acids is 1. The lowest BCUT2D eigenvalue weighted by molar-refractivity contribution is -0.151. The highest BCUT2D eigenvalue weighted by molar-refractivity contribution is 5.76. The average Bonchev–Trinajstić information content (AvgIpc) is 2.64. The number of ether oxygens (including phenoxy) is 2. The number of methoxy groups -OCH3 is 2. The topological polar surface area (TPSA) is 38.8 Å². The van der Waals surface area contributed by atoms with Crippen molar-refractivity contribution in [3.8, 4) is 0 Å². The van der Waals surface area contributed by atoms with Gasteiger partial charge in [-0.2, -0.15) is 0 Å². The van der Waals surface area contributed by atoms with E-state index in [9.17, 15) is 4.79 Å². The Morgan fingerprint density at radius 3 is 2.69 bits per heavy atom. The normalized spacial score (nSPS) is 22.4. The molecule has 1 unspecified atom stereocenters. The highest BCUT2D eigenvalue weighted by Gasteiger charge is 2.33. The molecule has 1 rings (SSSR count). The molecule has 1 heterocycles. The number of rotatable bonds is 5. The van der Waals surface area contributed by atoms with E-state index in [0.29, 0.717) is 5.92 Å². The van der Waals surface area contributed by atoms with Gasteiger partial charge in [0.2, 0.25) is 0 Å². The van der Waals surface area contributed by atoms with Crippen LogP contribution in [0.1, 0.15) is 20.3 Å². The maximum absolute atomic E-state index is 11.6. The molecule has 0 N–H and O–H groups in total. The zero-order valence-electron chi connectivity index (χ0n) is 10.8. The molecule has 1 fully saturated rings. The van der Waals surface area contributed by atoms with Gasteiger partial charge in [0.25, 0.3) is 0 Å². The average molecular weight is 229 g/mol. The molecule has 1 saturated heterocycles. The van der Waals surface area contributed by atoms with Crippen molar-refractivity contribution < 1.29 is 14.3 Å². The van der Waals surface area contributed by atoms with Crippen molar-refractivity contribution in [2.24, 2.45) is 11.3 Å². The van der Waals surface area contributed by atoms with Crippen molar-refractivity contribution in [3.05, 3.63) is 0 Å². The summed E-state index contributed by atoms with van der Waals surface area (Å²) < 4.78 is 9.96. The Morgan fingerprint density at radius 2 is 2.12 bits per heavy atom. The highest BCUT2D eigenvalue weighted by Crippen LogP contribution is 2.24. The molecule has 0 spiro atoms.